The van der Waals surface area contributed by atoms with Gasteiger partial charge in [0.05, 0.1) is 5.56 Å². The SMILES string of the molecule is Cc1ccc(CNC(=O)c2ccccc2N(C)C)cc1. The lowest BCUT2D eigenvalue weighted by molar-refractivity contribution is 0.0951. The van der Waals surface area contributed by atoms with Crippen molar-refractivity contribution >= 4 is 11.6 Å². The van der Waals surface area contributed by atoms with Crippen LogP contribution in [0.4, 0.5) is 5.69 Å². The Kier molecular flexibility index (Phi) is 4.41. The molecular weight excluding hydrogens is 248 g/mol. The first kappa shape index (κ1) is 14.1. The normalized spacial score (nSPS) is 10.2. The smallest absolute Gasteiger partial charge is 0.253 e. The lowest BCUT2D eigenvalue weighted by Gasteiger charge is -2.17. The van der Waals surface area contributed by atoms with Gasteiger partial charge in [0.15, 0.2) is 0 Å². The van der Waals surface area contributed by atoms with Crippen LogP contribution in [0.1, 0.15) is 21.5 Å². The minimum absolute atomic E-state index is 0.0464. The van der Waals surface area contributed by atoms with Crippen molar-refractivity contribution in [3.63, 3.8) is 0 Å². The fraction of sp³-hybridized carbons (Fsp3) is 0.235. The van der Waals surface area contributed by atoms with Crippen LogP contribution >= 0.6 is 0 Å². The Bertz CT molecular complexity index is 588. The van der Waals surface area contributed by atoms with E-state index in [1.807, 2.05) is 55.4 Å². The molecule has 0 aromatic heterocycles. The summed E-state index contributed by atoms with van der Waals surface area (Å²) in [5, 5.41) is 2.96. The number of para-hydroxylation sites is 1. The third kappa shape index (κ3) is 3.38. The maximum absolute atomic E-state index is 12.3. The Morgan fingerprint density at radius 3 is 2.35 bits per heavy atom. The summed E-state index contributed by atoms with van der Waals surface area (Å²) < 4.78 is 0. The van der Waals surface area contributed by atoms with Gasteiger partial charge in [-0.1, -0.05) is 42.0 Å². The first-order chi connectivity index (χ1) is 9.58. The van der Waals surface area contributed by atoms with Crippen molar-refractivity contribution in [1.29, 1.82) is 0 Å². The average molecular weight is 268 g/mol. The number of carbonyl (C=O) groups is 1. The van der Waals surface area contributed by atoms with Gasteiger partial charge >= 0.3 is 0 Å². The van der Waals surface area contributed by atoms with Gasteiger partial charge in [-0.25, -0.2) is 0 Å². The molecule has 104 valence electrons. The quantitative estimate of drug-likeness (QED) is 0.924. The molecule has 2 rings (SSSR count). The zero-order valence-corrected chi connectivity index (χ0v) is 12.2. The number of hydrogen-bond donors (Lipinski definition) is 1. The highest BCUT2D eigenvalue weighted by Gasteiger charge is 2.11. The van der Waals surface area contributed by atoms with Gasteiger partial charge in [0.25, 0.3) is 5.91 Å². The summed E-state index contributed by atoms with van der Waals surface area (Å²) in [5.74, 6) is -0.0464. The number of hydrogen-bond acceptors (Lipinski definition) is 2. The fourth-order valence-electron chi connectivity index (χ4n) is 2.04. The molecule has 2 aromatic rings. The molecule has 2 aromatic carbocycles. The van der Waals surface area contributed by atoms with Crippen LogP contribution in [0.5, 0.6) is 0 Å². The van der Waals surface area contributed by atoms with Crippen LogP contribution in [0.3, 0.4) is 0 Å². The first-order valence-electron chi connectivity index (χ1n) is 6.68. The predicted molar refractivity (Wildman–Crippen MR) is 83.1 cm³/mol. The van der Waals surface area contributed by atoms with Gasteiger partial charge in [0.2, 0.25) is 0 Å². The van der Waals surface area contributed by atoms with Gasteiger partial charge in [-0.05, 0) is 24.6 Å². The van der Waals surface area contributed by atoms with Gasteiger partial charge in [-0.15, -0.1) is 0 Å². The number of nitrogens with one attached hydrogen (secondary N) is 1. The number of rotatable bonds is 4. The molecule has 20 heavy (non-hydrogen) atoms. The lowest BCUT2D eigenvalue weighted by Crippen LogP contribution is -2.25. The number of nitrogens with zero attached hydrogens (tertiary/aromatic N) is 1. The predicted octanol–water partition coefficient (Wildman–Crippen LogP) is 2.99. The summed E-state index contributed by atoms with van der Waals surface area (Å²) in [7, 11) is 3.87. The monoisotopic (exact) mass is 268 g/mol. The molecule has 0 aliphatic carbocycles. The summed E-state index contributed by atoms with van der Waals surface area (Å²) in [4.78, 5) is 14.2. The molecule has 0 radical (unpaired) electrons. The number of anilines is 1. The average Bonchev–Trinajstić information content (AvgIpc) is 2.46. The highest BCUT2D eigenvalue weighted by atomic mass is 16.1. The minimum atomic E-state index is -0.0464. The fourth-order valence-corrected chi connectivity index (χ4v) is 2.04. The number of carbonyl (C=O) groups excluding carboxylic acids is 1. The van der Waals surface area contributed by atoms with Crippen molar-refractivity contribution < 1.29 is 4.79 Å². The lowest BCUT2D eigenvalue weighted by atomic mass is 10.1. The molecule has 3 heteroatoms. The van der Waals surface area contributed by atoms with Gasteiger partial charge in [-0.3, -0.25) is 4.79 Å². The summed E-state index contributed by atoms with van der Waals surface area (Å²) in [6, 6.07) is 15.8. The van der Waals surface area contributed by atoms with Gasteiger partial charge < -0.3 is 10.2 Å². The van der Waals surface area contributed by atoms with Crippen LogP contribution in [0.15, 0.2) is 48.5 Å². The van der Waals surface area contributed by atoms with Crippen LogP contribution in [-0.2, 0) is 6.54 Å². The molecule has 0 heterocycles. The van der Waals surface area contributed by atoms with Crippen LogP contribution in [-0.4, -0.2) is 20.0 Å². The molecule has 1 N–H and O–H groups in total. The Labute approximate surface area is 120 Å². The molecule has 0 fully saturated rings. The van der Waals surface area contributed by atoms with Gasteiger partial charge in [0.1, 0.15) is 0 Å². The zero-order valence-electron chi connectivity index (χ0n) is 12.2. The second-order valence-corrected chi connectivity index (χ2v) is 5.08. The molecule has 0 bridgehead atoms. The minimum Gasteiger partial charge on any atom is -0.377 e. The molecule has 0 saturated carbocycles. The van der Waals surface area contributed by atoms with E-state index in [1.165, 1.54) is 5.56 Å². The molecule has 0 atom stereocenters. The van der Waals surface area contributed by atoms with E-state index in [-0.39, 0.29) is 5.91 Å². The molecule has 3 nitrogen and oxygen atoms in total. The van der Waals surface area contributed by atoms with E-state index in [0.29, 0.717) is 12.1 Å². The first-order valence-corrected chi connectivity index (χ1v) is 6.68. The Morgan fingerprint density at radius 2 is 1.70 bits per heavy atom. The number of amides is 1. The van der Waals surface area contributed by atoms with Crippen LogP contribution in [0, 0.1) is 6.92 Å². The third-order valence-electron chi connectivity index (χ3n) is 3.20. The van der Waals surface area contributed by atoms with Crippen LogP contribution in [0.2, 0.25) is 0 Å². The largest absolute Gasteiger partial charge is 0.377 e. The molecular formula is C17H20N2O. The summed E-state index contributed by atoms with van der Waals surface area (Å²) in [5.41, 5.74) is 3.95. The van der Waals surface area contributed by atoms with Gasteiger partial charge in [0, 0.05) is 26.3 Å². The van der Waals surface area contributed by atoms with Gasteiger partial charge in [-0.2, -0.15) is 0 Å². The van der Waals surface area contributed by atoms with E-state index < -0.39 is 0 Å². The van der Waals surface area contributed by atoms with Crippen molar-refractivity contribution in [2.75, 3.05) is 19.0 Å². The Hall–Kier alpha value is -2.29. The van der Waals surface area contributed by atoms with Crippen molar-refractivity contribution in [3.8, 4) is 0 Å². The zero-order chi connectivity index (χ0) is 14.5. The number of benzene rings is 2. The van der Waals surface area contributed by atoms with Crippen LogP contribution in [0.25, 0.3) is 0 Å². The topological polar surface area (TPSA) is 32.3 Å². The molecule has 0 spiro atoms. The molecule has 0 unspecified atom stereocenters. The van der Waals surface area contributed by atoms with Crippen molar-refractivity contribution in [2.24, 2.45) is 0 Å². The Morgan fingerprint density at radius 1 is 1.05 bits per heavy atom. The summed E-state index contributed by atoms with van der Waals surface area (Å²) >= 11 is 0. The van der Waals surface area contributed by atoms with E-state index in [1.54, 1.807) is 0 Å². The van der Waals surface area contributed by atoms with E-state index >= 15 is 0 Å². The maximum atomic E-state index is 12.3. The maximum Gasteiger partial charge on any atom is 0.253 e. The molecule has 0 saturated heterocycles. The third-order valence-corrected chi connectivity index (χ3v) is 3.20. The Balaban J connectivity index is 2.07. The van der Waals surface area contributed by atoms with Crippen molar-refractivity contribution in [1.82, 2.24) is 5.32 Å². The summed E-state index contributed by atoms with van der Waals surface area (Å²) in [6.45, 7) is 2.59. The van der Waals surface area contributed by atoms with Crippen molar-refractivity contribution in [3.05, 3.63) is 65.2 Å². The standard InChI is InChI=1S/C17H20N2O/c1-13-8-10-14(11-9-13)12-18-17(20)15-6-4-5-7-16(15)19(2)3/h4-11H,12H2,1-3H3,(H,18,20). The van der Waals surface area contributed by atoms with E-state index in [0.717, 1.165) is 11.3 Å². The highest BCUT2D eigenvalue weighted by molar-refractivity contribution is 5.99. The van der Waals surface area contributed by atoms with E-state index in [2.05, 4.69) is 24.4 Å². The highest BCUT2D eigenvalue weighted by Crippen LogP contribution is 2.17. The van der Waals surface area contributed by atoms with E-state index in [4.69, 9.17) is 0 Å². The van der Waals surface area contributed by atoms with Crippen molar-refractivity contribution in [2.45, 2.75) is 13.5 Å². The molecule has 0 aliphatic rings. The second kappa shape index (κ2) is 6.24. The number of aryl methyl sites for hydroxylation is 1. The van der Waals surface area contributed by atoms with Crippen LogP contribution < -0.4 is 10.2 Å². The second-order valence-electron chi connectivity index (χ2n) is 5.08. The molecule has 0 aliphatic heterocycles. The molecule has 1 amide bonds. The van der Waals surface area contributed by atoms with E-state index in [9.17, 15) is 4.79 Å². The summed E-state index contributed by atoms with van der Waals surface area (Å²) in [6.07, 6.45) is 0.